The van der Waals surface area contributed by atoms with Crippen molar-refractivity contribution in [3.8, 4) is 11.4 Å². The Balaban J connectivity index is 1.46. The molecule has 2 aromatic carbocycles. The minimum absolute atomic E-state index is 0.192. The highest BCUT2D eigenvalue weighted by Crippen LogP contribution is 2.16. The third-order valence-corrected chi connectivity index (χ3v) is 5.62. The summed E-state index contributed by atoms with van der Waals surface area (Å²) in [6, 6.07) is 15.4. The third kappa shape index (κ3) is 4.55. The molecule has 2 heterocycles. The van der Waals surface area contributed by atoms with Crippen LogP contribution in [0.25, 0.3) is 5.69 Å². The highest BCUT2D eigenvalue weighted by atomic mass is 19.1. The van der Waals surface area contributed by atoms with E-state index in [2.05, 4.69) is 10.00 Å². The molecule has 0 bridgehead atoms. The van der Waals surface area contributed by atoms with Crippen molar-refractivity contribution >= 4 is 5.91 Å². The number of aryl methyl sites for hydroxylation is 1. The smallest absolute Gasteiger partial charge is 0.278 e. The van der Waals surface area contributed by atoms with Gasteiger partial charge in [0.15, 0.2) is 5.69 Å². The molecule has 3 aromatic rings. The predicted octanol–water partition coefficient (Wildman–Crippen LogP) is 2.65. The van der Waals surface area contributed by atoms with E-state index in [9.17, 15) is 14.0 Å². The van der Waals surface area contributed by atoms with Crippen LogP contribution in [0, 0.1) is 12.7 Å². The molecular weight excluding hydrogens is 411 g/mol. The van der Waals surface area contributed by atoms with Crippen LogP contribution in [0.4, 0.5) is 4.39 Å². The molecule has 32 heavy (non-hydrogen) atoms. The summed E-state index contributed by atoms with van der Waals surface area (Å²) in [4.78, 5) is 29.5. The Morgan fingerprint density at radius 1 is 1.06 bits per heavy atom. The van der Waals surface area contributed by atoms with Crippen LogP contribution in [0.15, 0.2) is 59.4 Å². The number of hydrogen-bond acceptors (Lipinski definition) is 5. The van der Waals surface area contributed by atoms with Crippen LogP contribution in [-0.2, 0) is 6.54 Å². The van der Waals surface area contributed by atoms with Crippen LogP contribution in [0.2, 0.25) is 0 Å². The minimum atomic E-state index is -0.475. The predicted molar refractivity (Wildman–Crippen MR) is 119 cm³/mol. The van der Waals surface area contributed by atoms with E-state index in [0.29, 0.717) is 31.9 Å². The fourth-order valence-electron chi connectivity index (χ4n) is 3.81. The SMILES string of the molecule is COc1ccc(CN2CCN(C(=O)c3nn(-c4ccccc4F)c(C)cc3=O)CC2)cc1. The molecule has 0 radical (unpaired) electrons. The van der Waals surface area contributed by atoms with Crippen molar-refractivity contribution in [1.82, 2.24) is 19.6 Å². The number of carbonyl (C=O) groups excluding carboxylic acids is 1. The van der Waals surface area contributed by atoms with Gasteiger partial charge in [-0.15, -0.1) is 0 Å². The molecule has 1 fully saturated rings. The number of ether oxygens (including phenoxy) is 1. The van der Waals surface area contributed by atoms with E-state index in [1.54, 1.807) is 37.1 Å². The highest BCUT2D eigenvalue weighted by molar-refractivity contribution is 5.92. The molecule has 166 valence electrons. The van der Waals surface area contributed by atoms with Gasteiger partial charge in [0.05, 0.1) is 7.11 Å². The average Bonchev–Trinajstić information content (AvgIpc) is 2.80. The van der Waals surface area contributed by atoms with Crippen molar-refractivity contribution in [2.24, 2.45) is 0 Å². The topological polar surface area (TPSA) is 67.7 Å². The number of benzene rings is 2. The van der Waals surface area contributed by atoms with E-state index in [1.165, 1.54) is 22.4 Å². The van der Waals surface area contributed by atoms with Gasteiger partial charge in [-0.2, -0.15) is 5.10 Å². The summed E-state index contributed by atoms with van der Waals surface area (Å²) in [6.07, 6.45) is 0. The monoisotopic (exact) mass is 436 g/mol. The van der Waals surface area contributed by atoms with Crippen LogP contribution >= 0.6 is 0 Å². The van der Waals surface area contributed by atoms with Crippen molar-refractivity contribution in [3.63, 3.8) is 0 Å². The quantitative estimate of drug-likeness (QED) is 0.615. The Bertz CT molecular complexity index is 1170. The average molecular weight is 436 g/mol. The number of hydrogen-bond donors (Lipinski definition) is 0. The van der Waals surface area contributed by atoms with Gasteiger partial charge in [-0.3, -0.25) is 14.5 Å². The van der Waals surface area contributed by atoms with Crippen LogP contribution in [0.3, 0.4) is 0 Å². The maximum absolute atomic E-state index is 14.3. The van der Waals surface area contributed by atoms with E-state index in [0.717, 1.165) is 12.3 Å². The van der Waals surface area contributed by atoms with Crippen molar-refractivity contribution in [2.75, 3.05) is 33.3 Å². The summed E-state index contributed by atoms with van der Waals surface area (Å²) in [5.74, 6) is -0.0858. The first-order valence-corrected chi connectivity index (χ1v) is 10.5. The lowest BCUT2D eigenvalue weighted by atomic mass is 10.2. The van der Waals surface area contributed by atoms with E-state index < -0.39 is 17.2 Å². The number of amides is 1. The Morgan fingerprint density at radius 3 is 2.41 bits per heavy atom. The molecule has 0 saturated carbocycles. The largest absolute Gasteiger partial charge is 0.497 e. The standard InChI is InChI=1S/C24H25FN4O3/c1-17-15-22(30)23(26-29(17)21-6-4-3-5-20(21)25)24(31)28-13-11-27(12-14-28)16-18-7-9-19(32-2)10-8-18/h3-10,15H,11-14,16H2,1-2H3. The molecule has 1 aliphatic rings. The number of carbonyl (C=O) groups is 1. The van der Waals surface area contributed by atoms with Gasteiger partial charge in [-0.1, -0.05) is 24.3 Å². The summed E-state index contributed by atoms with van der Waals surface area (Å²) in [6.45, 7) is 4.78. The number of aromatic nitrogens is 2. The lowest BCUT2D eigenvalue weighted by Gasteiger charge is -2.34. The third-order valence-electron chi connectivity index (χ3n) is 5.62. The van der Waals surface area contributed by atoms with Crippen LogP contribution < -0.4 is 10.2 Å². The summed E-state index contributed by atoms with van der Waals surface area (Å²) < 4.78 is 20.8. The zero-order valence-corrected chi connectivity index (χ0v) is 18.1. The number of rotatable bonds is 5. The second-order valence-corrected chi connectivity index (χ2v) is 7.78. The molecule has 0 aliphatic carbocycles. The second kappa shape index (κ2) is 9.32. The molecular formula is C24H25FN4O3. The van der Waals surface area contributed by atoms with Gasteiger partial charge < -0.3 is 9.64 Å². The van der Waals surface area contributed by atoms with E-state index in [-0.39, 0.29) is 11.4 Å². The van der Waals surface area contributed by atoms with Crippen molar-refractivity contribution in [1.29, 1.82) is 0 Å². The Kier molecular flexibility index (Phi) is 6.32. The molecule has 0 N–H and O–H groups in total. The van der Waals surface area contributed by atoms with Gasteiger partial charge >= 0.3 is 0 Å². The minimum Gasteiger partial charge on any atom is -0.497 e. The maximum atomic E-state index is 14.3. The molecule has 8 heteroatoms. The summed E-state index contributed by atoms with van der Waals surface area (Å²) in [7, 11) is 1.64. The molecule has 4 rings (SSSR count). The summed E-state index contributed by atoms with van der Waals surface area (Å²) in [5.41, 5.74) is 1.17. The molecule has 1 saturated heterocycles. The molecule has 7 nitrogen and oxygen atoms in total. The molecule has 1 aromatic heterocycles. The van der Waals surface area contributed by atoms with Crippen LogP contribution in [0.5, 0.6) is 5.75 Å². The Hall–Kier alpha value is -3.52. The van der Waals surface area contributed by atoms with E-state index >= 15 is 0 Å². The van der Waals surface area contributed by atoms with Crippen LogP contribution in [0.1, 0.15) is 21.7 Å². The summed E-state index contributed by atoms with van der Waals surface area (Å²) in [5, 5.41) is 4.23. The van der Waals surface area contributed by atoms with Gasteiger partial charge in [0, 0.05) is 44.5 Å². The fourth-order valence-corrected chi connectivity index (χ4v) is 3.81. The lowest BCUT2D eigenvalue weighted by molar-refractivity contribution is 0.0619. The van der Waals surface area contributed by atoms with E-state index in [4.69, 9.17) is 4.74 Å². The number of methoxy groups -OCH3 is 1. The first-order valence-electron chi connectivity index (χ1n) is 10.5. The number of piperazine rings is 1. The second-order valence-electron chi connectivity index (χ2n) is 7.78. The first kappa shape index (κ1) is 21.7. The molecule has 0 unspecified atom stereocenters. The molecule has 0 spiro atoms. The van der Waals surface area contributed by atoms with Gasteiger partial charge in [0.1, 0.15) is 17.3 Å². The van der Waals surface area contributed by atoms with Gasteiger partial charge in [0.2, 0.25) is 5.43 Å². The molecule has 1 amide bonds. The number of halogens is 1. The maximum Gasteiger partial charge on any atom is 0.278 e. The van der Waals surface area contributed by atoms with Crippen molar-refractivity contribution in [2.45, 2.75) is 13.5 Å². The molecule has 0 atom stereocenters. The van der Waals surface area contributed by atoms with Gasteiger partial charge in [-0.05, 0) is 36.8 Å². The Labute approximate surface area is 185 Å². The van der Waals surface area contributed by atoms with Crippen molar-refractivity contribution in [3.05, 3.63) is 87.6 Å². The first-order chi connectivity index (χ1) is 15.5. The van der Waals surface area contributed by atoms with E-state index in [1.807, 2.05) is 24.3 Å². The zero-order chi connectivity index (χ0) is 22.7. The number of para-hydroxylation sites is 1. The lowest BCUT2D eigenvalue weighted by Crippen LogP contribution is -2.49. The highest BCUT2D eigenvalue weighted by Gasteiger charge is 2.26. The molecule has 1 aliphatic heterocycles. The van der Waals surface area contributed by atoms with Gasteiger partial charge in [-0.25, -0.2) is 9.07 Å². The van der Waals surface area contributed by atoms with Gasteiger partial charge in [0.25, 0.3) is 5.91 Å². The van der Waals surface area contributed by atoms with Crippen molar-refractivity contribution < 1.29 is 13.9 Å². The zero-order valence-electron chi connectivity index (χ0n) is 18.1. The Morgan fingerprint density at radius 2 is 1.75 bits per heavy atom. The van der Waals surface area contributed by atoms with Crippen LogP contribution in [-0.4, -0.2) is 58.8 Å². The fraction of sp³-hybridized carbons (Fsp3) is 0.292. The number of nitrogens with zero attached hydrogens (tertiary/aromatic N) is 4. The normalized spacial score (nSPS) is 14.4. The summed E-state index contributed by atoms with van der Waals surface area (Å²) >= 11 is 0.